The highest BCUT2D eigenvalue weighted by atomic mass is 16.4. The minimum absolute atomic E-state index is 0.160. The lowest BCUT2D eigenvalue weighted by molar-refractivity contribution is -0.139. The molecule has 11 N–H and O–H groups in total. The Morgan fingerprint density at radius 3 is 2.04 bits per heavy atom. The summed E-state index contributed by atoms with van der Waals surface area (Å²) in [6, 6.07) is -3.78. The van der Waals surface area contributed by atoms with E-state index >= 15 is 0 Å². The van der Waals surface area contributed by atoms with Crippen LogP contribution in [0.1, 0.15) is 25.7 Å². The van der Waals surface area contributed by atoms with Crippen LogP contribution in [0, 0.1) is 0 Å². The predicted octanol–water partition coefficient (Wildman–Crippen LogP) is -4.52. The highest BCUT2D eigenvalue weighted by Crippen LogP contribution is 2.03. The van der Waals surface area contributed by atoms with E-state index in [1.165, 1.54) is 0 Å². The molecule has 0 aromatic heterocycles. The van der Waals surface area contributed by atoms with Crippen molar-refractivity contribution < 1.29 is 34.2 Å². The van der Waals surface area contributed by atoms with Crippen molar-refractivity contribution in [3.8, 4) is 0 Å². The molecule has 4 amide bonds. The Hall–Kier alpha value is -2.77. The van der Waals surface area contributed by atoms with Gasteiger partial charge in [-0.2, -0.15) is 0 Å². The Kier molecular flexibility index (Phi) is 12.1. The highest BCUT2D eigenvalue weighted by Gasteiger charge is 2.28. The fourth-order valence-corrected chi connectivity index (χ4v) is 2.10. The number of unbranched alkanes of at least 4 members (excludes halogenated alkanes) is 1. The average molecular weight is 404 g/mol. The molecule has 0 bridgehead atoms. The molecule has 160 valence electrons. The molecule has 0 aliphatic rings. The Balaban J connectivity index is 5.02. The number of rotatable bonds is 14. The summed E-state index contributed by atoms with van der Waals surface area (Å²) >= 11 is 0. The Morgan fingerprint density at radius 1 is 0.929 bits per heavy atom. The fourth-order valence-electron chi connectivity index (χ4n) is 2.10. The third-order valence-electron chi connectivity index (χ3n) is 3.57. The van der Waals surface area contributed by atoms with Crippen molar-refractivity contribution in [2.45, 2.75) is 43.8 Å². The second-order valence-electron chi connectivity index (χ2n) is 5.98. The SMILES string of the molecule is NCCCCC(NC(=O)C(N)CC(N)=O)C(=O)NC(CO)C(=O)NCC(=O)O. The van der Waals surface area contributed by atoms with Crippen molar-refractivity contribution in [1.82, 2.24) is 16.0 Å². The second-order valence-corrected chi connectivity index (χ2v) is 5.98. The van der Waals surface area contributed by atoms with Crippen molar-refractivity contribution in [2.24, 2.45) is 17.2 Å². The zero-order valence-electron chi connectivity index (χ0n) is 15.3. The first-order valence-corrected chi connectivity index (χ1v) is 8.57. The number of amides is 4. The van der Waals surface area contributed by atoms with Crippen LogP contribution in [0.5, 0.6) is 0 Å². The number of carbonyl (C=O) groups excluding carboxylic acids is 4. The number of nitrogens with two attached hydrogens (primary N) is 3. The third kappa shape index (κ3) is 10.4. The van der Waals surface area contributed by atoms with Crippen LogP contribution in [0.4, 0.5) is 0 Å². The predicted molar refractivity (Wildman–Crippen MR) is 96.3 cm³/mol. The van der Waals surface area contributed by atoms with E-state index in [1.54, 1.807) is 0 Å². The lowest BCUT2D eigenvalue weighted by atomic mass is 10.1. The first-order valence-electron chi connectivity index (χ1n) is 8.57. The second kappa shape index (κ2) is 13.4. The van der Waals surface area contributed by atoms with E-state index in [4.69, 9.17) is 22.3 Å². The van der Waals surface area contributed by atoms with Gasteiger partial charge in [-0.3, -0.25) is 24.0 Å². The van der Waals surface area contributed by atoms with Gasteiger partial charge in [-0.05, 0) is 25.8 Å². The minimum atomic E-state index is -1.42. The van der Waals surface area contributed by atoms with Gasteiger partial charge in [0.2, 0.25) is 23.6 Å². The van der Waals surface area contributed by atoms with E-state index in [9.17, 15) is 29.1 Å². The van der Waals surface area contributed by atoms with Crippen molar-refractivity contribution in [3.63, 3.8) is 0 Å². The summed E-state index contributed by atoms with van der Waals surface area (Å²) in [5, 5.41) is 24.5. The van der Waals surface area contributed by atoms with Gasteiger partial charge in [0, 0.05) is 0 Å². The largest absolute Gasteiger partial charge is 0.480 e. The summed E-state index contributed by atoms with van der Waals surface area (Å²) in [6.45, 7) is -1.12. The van der Waals surface area contributed by atoms with E-state index in [1.807, 2.05) is 5.32 Å². The molecule has 13 nitrogen and oxygen atoms in total. The van der Waals surface area contributed by atoms with Gasteiger partial charge < -0.3 is 43.4 Å². The number of carboxylic acid groups (broad SMARTS) is 1. The standard InChI is InChI=1S/C15H28N6O7/c16-4-2-1-3-9(20-13(26)8(17)5-11(18)23)15(28)21-10(7-22)14(27)19-6-12(24)25/h8-10,22H,1-7,16-17H2,(H2,18,23)(H,19,27)(H,20,26)(H,21,28)(H,24,25). The molecule has 3 unspecified atom stereocenters. The van der Waals surface area contributed by atoms with Gasteiger partial charge in [0.25, 0.3) is 0 Å². The maximum atomic E-state index is 12.4. The number of aliphatic hydroxyl groups excluding tert-OH is 1. The number of aliphatic carboxylic acids is 1. The molecular formula is C15H28N6O7. The molecule has 0 rings (SSSR count). The van der Waals surface area contributed by atoms with Crippen molar-refractivity contribution in [1.29, 1.82) is 0 Å². The molecule has 0 spiro atoms. The van der Waals surface area contributed by atoms with E-state index < -0.39 is 67.3 Å². The fraction of sp³-hybridized carbons (Fsp3) is 0.667. The van der Waals surface area contributed by atoms with Crippen LogP contribution in [0.25, 0.3) is 0 Å². The van der Waals surface area contributed by atoms with E-state index in [0.29, 0.717) is 19.4 Å². The number of hydrogen-bond acceptors (Lipinski definition) is 8. The summed E-state index contributed by atoms with van der Waals surface area (Å²) in [5.41, 5.74) is 15.9. The van der Waals surface area contributed by atoms with Crippen LogP contribution in [0.2, 0.25) is 0 Å². The van der Waals surface area contributed by atoms with E-state index in [0.717, 1.165) is 0 Å². The molecule has 0 saturated heterocycles. The van der Waals surface area contributed by atoms with Crippen LogP contribution in [-0.4, -0.2) is 77.6 Å². The third-order valence-corrected chi connectivity index (χ3v) is 3.57. The molecule has 3 atom stereocenters. The van der Waals surface area contributed by atoms with Gasteiger partial charge in [0.1, 0.15) is 18.6 Å². The van der Waals surface area contributed by atoms with Gasteiger partial charge in [0.05, 0.1) is 19.1 Å². The molecular weight excluding hydrogens is 376 g/mol. The number of aliphatic hydroxyl groups is 1. The topological polar surface area (TPSA) is 240 Å². The van der Waals surface area contributed by atoms with Crippen LogP contribution in [-0.2, 0) is 24.0 Å². The Bertz CT molecular complexity index is 571. The van der Waals surface area contributed by atoms with Crippen molar-refractivity contribution in [2.75, 3.05) is 19.7 Å². The van der Waals surface area contributed by atoms with E-state index in [-0.39, 0.29) is 6.42 Å². The molecule has 0 aliphatic heterocycles. The van der Waals surface area contributed by atoms with Crippen LogP contribution in [0.3, 0.4) is 0 Å². The number of nitrogens with one attached hydrogen (secondary N) is 3. The lowest BCUT2D eigenvalue weighted by Crippen LogP contribution is -2.57. The summed E-state index contributed by atoms with van der Waals surface area (Å²) in [4.78, 5) is 57.7. The molecule has 13 heteroatoms. The van der Waals surface area contributed by atoms with Gasteiger partial charge in [0.15, 0.2) is 0 Å². The summed E-state index contributed by atoms with van der Waals surface area (Å²) < 4.78 is 0. The number of hydrogen-bond donors (Lipinski definition) is 8. The normalized spacial score (nSPS) is 13.7. The van der Waals surface area contributed by atoms with Gasteiger partial charge in [-0.15, -0.1) is 0 Å². The molecule has 0 aromatic carbocycles. The molecule has 0 radical (unpaired) electrons. The summed E-state index contributed by atoms with van der Waals surface area (Å²) in [6.07, 6.45) is 0.775. The summed E-state index contributed by atoms with van der Waals surface area (Å²) in [7, 11) is 0. The molecule has 0 heterocycles. The molecule has 0 saturated carbocycles. The smallest absolute Gasteiger partial charge is 0.322 e. The first-order chi connectivity index (χ1) is 13.1. The average Bonchev–Trinajstić information content (AvgIpc) is 2.62. The molecule has 0 aliphatic carbocycles. The Morgan fingerprint density at radius 2 is 1.54 bits per heavy atom. The number of carbonyl (C=O) groups is 5. The lowest BCUT2D eigenvalue weighted by Gasteiger charge is -2.23. The zero-order valence-corrected chi connectivity index (χ0v) is 15.3. The highest BCUT2D eigenvalue weighted by molar-refractivity contribution is 5.94. The monoisotopic (exact) mass is 404 g/mol. The first kappa shape index (κ1) is 25.2. The molecule has 28 heavy (non-hydrogen) atoms. The maximum absolute atomic E-state index is 12.4. The maximum Gasteiger partial charge on any atom is 0.322 e. The quantitative estimate of drug-likeness (QED) is 0.130. The zero-order chi connectivity index (χ0) is 21.7. The minimum Gasteiger partial charge on any atom is -0.480 e. The van der Waals surface area contributed by atoms with Crippen LogP contribution < -0.4 is 33.2 Å². The number of primary amides is 1. The van der Waals surface area contributed by atoms with Crippen molar-refractivity contribution >= 4 is 29.6 Å². The van der Waals surface area contributed by atoms with Gasteiger partial charge in [-0.1, -0.05) is 0 Å². The number of carboxylic acids is 1. The van der Waals surface area contributed by atoms with Crippen LogP contribution in [0.15, 0.2) is 0 Å². The van der Waals surface area contributed by atoms with Crippen LogP contribution >= 0.6 is 0 Å². The summed E-state index contributed by atoms with van der Waals surface area (Å²) in [5.74, 6) is -4.58. The van der Waals surface area contributed by atoms with Crippen molar-refractivity contribution in [3.05, 3.63) is 0 Å². The Labute approximate surface area is 161 Å². The molecule has 0 aromatic rings. The molecule has 0 fully saturated rings. The van der Waals surface area contributed by atoms with Gasteiger partial charge >= 0.3 is 5.97 Å². The van der Waals surface area contributed by atoms with E-state index in [2.05, 4.69) is 10.6 Å². The van der Waals surface area contributed by atoms with Gasteiger partial charge in [-0.25, -0.2) is 0 Å².